The summed E-state index contributed by atoms with van der Waals surface area (Å²) in [6.07, 6.45) is 1.23. The van der Waals surface area contributed by atoms with Crippen LogP contribution in [0.5, 0.6) is 0 Å². The summed E-state index contributed by atoms with van der Waals surface area (Å²) < 4.78 is 0. The molecule has 2 aliphatic heterocycles. The maximum absolute atomic E-state index is 14.5. The van der Waals surface area contributed by atoms with E-state index < -0.39 is 95.9 Å². The number of benzene rings is 3. The molecule has 10 N–H and O–H groups in total. The minimum absolute atomic E-state index is 0.0396. The van der Waals surface area contributed by atoms with Gasteiger partial charge in [0.25, 0.3) is 11.8 Å². The van der Waals surface area contributed by atoms with Crippen LogP contribution in [0.2, 0.25) is 0 Å². The Labute approximate surface area is 429 Å². The van der Waals surface area contributed by atoms with Crippen molar-refractivity contribution in [3.63, 3.8) is 0 Å². The van der Waals surface area contributed by atoms with E-state index in [0.717, 1.165) is 11.1 Å². The third-order valence-electron chi connectivity index (χ3n) is 14.4. The largest absolute Gasteiger partial charge is 0.399 e. The van der Waals surface area contributed by atoms with Crippen molar-refractivity contribution in [3.05, 3.63) is 101 Å². The molecule has 5 rings (SSSR count). The van der Waals surface area contributed by atoms with Crippen molar-refractivity contribution >= 4 is 52.9 Å². The molecule has 0 bridgehead atoms. The molecule has 0 spiro atoms. The molecule has 3 aromatic rings. The van der Waals surface area contributed by atoms with Crippen LogP contribution >= 0.6 is 0 Å². The van der Waals surface area contributed by atoms with Crippen molar-refractivity contribution in [1.29, 1.82) is 0 Å². The van der Waals surface area contributed by atoms with Gasteiger partial charge in [0.1, 0.15) is 24.2 Å². The zero-order valence-corrected chi connectivity index (χ0v) is 43.9. The lowest BCUT2D eigenvalue weighted by molar-refractivity contribution is -0.143. The van der Waals surface area contributed by atoms with Gasteiger partial charge in [-0.25, -0.2) is 0 Å². The fourth-order valence-corrected chi connectivity index (χ4v) is 9.13. The molecule has 2 aliphatic rings. The van der Waals surface area contributed by atoms with Gasteiger partial charge >= 0.3 is 0 Å². The highest BCUT2D eigenvalue weighted by atomic mass is 16.2. The number of likely N-dealkylation sites (tertiary alicyclic amines) is 2. The monoisotopic (exact) mass is 1010 g/mol. The van der Waals surface area contributed by atoms with Crippen LogP contribution in [0.25, 0.3) is 0 Å². The summed E-state index contributed by atoms with van der Waals surface area (Å²) in [4.78, 5) is 115. The molecule has 73 heavy (non-hydrogen) atoms. The fraction of sp³-hybridized carbons (Fsp3) is 0.519. The van der Waals surface area contributed by atoms with Gasteiger partial charge < -0.3 is 58.1 Å². The quantitative estimate of drug-likeness (QED) is 0.0661. The van der Waals surface area contributed by atoms with E-state index in [1.807, 2.05) is 102 Å². The second kappa shape index (κ2) is 26.2. The Morgan fingerprint density at radius 2 is 0.904 bits per heavy atom. The Bertz CT molecular complexity index is 2260. The summed E-state index contributed by atoms with van der Waals surface area (Å²) in [6, 6.07) is 15.6. The van der Waals surface area contributed by atoms with E-state index in [2.05, 4.69) is 42.5 Å². The molecule has 3 unspecified atom stereocenters. The van der Waals surface area contributed by atoms with Crippen LogP contribution in [-0.2, 0) is 28.8 Å². The molecule has 396 valence electrons. The highest BCUT2D eigenvalue weighted by Gasteiger charge is 2.46. The number of amides is 8. The van der Waals surface area contributed by atoms with Crippen molar-refractivity contribution < 1.29 is 38.4 Å². The number of hydrogen-bond donors (Lipinski definition) is 9. The lowest BCUT2D eigenvalue weighted by Gasteiger charge is -2.32. The summed E-state index contributed by atoms with van der Waals surface area (Å²) in [5, 5.41) is 23.5. The van der Waals surface area contributed by atoms with Gasteiger partial charge in [0.05, 0.1) is 24.2 Å². The number of anilines is 1. The number of hydrogen-bond acceptors (Lipinski definition) is 11. The topological polar surface area (TPSA) is 265 Å². The molecule has 2 heterocycles. The van der Waals surface area contributed by atoms with E-state index in [1.165, 1.54) is 28.0 Å². The Morgan fingerprint density at radius 3 is 1.23 bits per heavy atom. The lowest BCUT2D eigenvalue weighted by Crippen LogP contribution is -2.57. The average Bonchev–Trinajstić information content (AvgIpc) is 4.03. The smallest absolute Gasteiger partial charge is 0.251 e. The van der Waals surface area contributed by atoms with Gasteiger partial charge in [-0.15, -0.1) is 0 Å². The molecular formula is C54H77N11O8. The summed E-state index contributed by atoms with van der Waals surface area (Å²) in [5.41, 5.74) is 8.23. The highest BCUT2D eigenvalue weighted by Crippen LogP contribution is 2.27. The summed E-state index contributed by atoms with van der Waals surface area (Å²) in [6.45, 7) is 14.5. The Balaban J connectivity index is 1.37. The highest BCUT2D eigenvalue weighted by molar-refractivity contribution is 6.02. The normalized spacial score (nSPS) is 20.7. The molecule has 19 heteroatoms. The number of rotatable bonds is 22. The summed E-state index contributed by atoms with van der Waals surface area (Å²) >= 11 is 0. The second-order valence-corrected chi connectivity index (χ2v) is 19.7. The minimum atomic E-state index is -1.00. The van der Waals surface area contributed by atoms with Crippen molar-refractivity contribution in [2.24, 2.45) is 11.8 Å². The van der Waals surface area contributed by atoms with Gasteiger partial charge in [-0.1, -0.05) is 101 Å². The van der Waals surface area contributed by atoms with E-state index in [9.17, 15) is 38.4 Å². The number of carbonyl (C=O) groups excluding carboxylic acids is 8. The minimum Gasteiger partial charge on any atom is -0.399 e. The summed E-state index contributed by atoms with van der Waals surface area (Å²) in [7, 11) is 3.28. The zero-order valence-electron chi connectivity index (χ0n) is 43.9. The van der Waals surface area contributed by atoms with Gasteiger partial charge in [0, 0.05) is 42.0 Å². The van der Waals surface area contributed by atoms with E-state index in [-0.39, 0.29) is 66.4 Å². The Morgan fingerprint density at radius 1 is 0.548 bits per heavy atom. The molecule has 2 fully saturated rings. The molecule has 3 aromatic carbocycles. The van der Waals surface area contributed by atoms with E-state index >= 15 is 0 Å². The van der Waals surface area contributed by atoms with Crippen molar-refractivity contribution in [2.75, 3.05) is 32.9 Å². The van der Waals surface area contributed by atoms with Crippen LogP contribution in [0.3, 0.4) is 0 Å². The van der Waals surface area contributed by atoms with Crippen LogP contribution in [0, 0.1) is 11.8 Å². The van der Waals surface area contributed by atoms with Crippen LogP contribution in [0.1, 0.15) is 125 Å². The third-order valence-corrected chi connectivity index (χ3v) is 14.4. The summed E-state index contributed by atoms with van der Waals surface area (Å²) in [5.74, 6) is -4.33. The standard InChI is InChI=1S/C54H77N11O8/c1-11-30(3)45(62-47(66)34(7)56-9)53(72)64-28-41(26-43(64)51(70)58-32(5)36-19-15-13-16-20-36)60-49(68)38-23-39(25-40(55)24-38)50(69)61-42-27-44(52(71)59-33(6)37-21-17-14-18-22-37)65(29-42)54(73)46(31(4)12-2)63-48(67)35(8)57-10/h13-25,30-35,41-46,56-57H,11-12,26-29,55H2,1-10H3,(H,58,70)(H,59,71)(H,60,68)(H,61,69)(H,62,66)(H,63,67)/t30-,31-,32+,33?,34-,35-,41-,42-,43-,44-,45?,46?/m0/s1. The molecule has 0 aromatic heterocycles. The molecule has 0 radical (unpaired) electrons. The predicted molar refractivity (Wildman–Crippen MR) is 279 cm³/mol. The van der Waals surface area contributed by atoms with E-state index in [4.69, 9.17) is 5.73 Å². The molecule has 2 saturated heterocycles. The molecule has 0 saturated carbocycles. The first-order chi connectivity index (χ1) is 34.7. The second-order valence-electron chi connectivity index (χ2n) is 19.7. The van der Waals surface area contributed by atoms with Crippen molar-refractivity contribution in [2.45, 2.75) is 141 Å². The maximum Gasteiger partial charge on any atom is 0.251 e. The van der Waals surface area contributed by atoms with Crippen molar-refractivity contribution in [1.82, 2.24) is 52.3 Å². The maximum atomic E-state index is 14.5. The SMILES string of the molecule is CC[C@H](C)C(NC(=O)[C@H](C)NC)C(=O)N1C[C@@H](NC(=O)c2cc(N)cc(C(=O)N[C@H]3C[C@@H](C(=O)N[C@H](C)c4ccccc4)N(C(=O)C(NC(=O)[C@H](C)NC)[C@@H](C)CC)C3)c2)C[C@H]1C(=O)NC(C)c1ccccc1. The number of nitrogens with zero attached hydrogens (tertiary/aromatic N) is 2. The zero-order chi connectivity index (χ0) is 53.7. The average molecular weight is 1010 g/mol. The van der Waals surface area contributed by atoms with Gasteiger partial charge in [-0.05, 0) is 95.8 Å². The predicted octanol–water partition coefficient (Wildman–Crippen LogP) is 2.70. The van der Waals surface area contributed by atoms with Gasteiger partial charge in [0.2, 0.25) is 35.4 Å². The molecular weight excluding hydrogens is 931 g/mol. The van der Waals surface area contributed by atoms with Crippen molar-refractivity contribution in [3.8, 4) is 0 Å². The van der Waals surface area contributed by atoms with Crippen LogP contribution in [-0.4, -0.2) is 133 Å². The number of nitrogens with two attached hydrogens (primary N) is 1. The molecule has 8 amide bonds. The van der Waals surface area contributed by atoms with Crippen LogP contribution in [0.15, 0.2) is 78.9 Å². The number of carbonyl (C=O) groups is 8. The van der Waals surface area contributed by atoms with Crippen LogP contribution < -0.4 is 48.3 Å². The van der Waals surface area contributed by atoms with Crippen LogP contribution in [0.4, 0.5) is 5.69 Å². The van der Waals surface area contributed by atoms with E-state index in [0.29, 0.717) is 12.8 Å². The first kappa shape index (κ1) is 57.0. The molecule has 0 aliphatic carbocycles. The van der Waals surface area contributed by atoms with Gasteiger partial charge in [-0.3, -0.25) is 38.4 Å². The Kier molecular flexibility index (Phi) is 20.5. The Hall–Kier alpha value is -6.86. The van der Waals surface area contributed by atoms with Gasteiger partial charge in [0.15, 0.2) is 0 Å². The molecule has 19 nitrogen and oxygen atoms in total. The lowest BCUT2D eigenvalue weighted by atomic mass is 9.97. The first-order valence-corrected chi connectivity index (χ1v) is 25.5. The van der Waals surface area contributed by atoms with Gasteiger partial charge in [-0.2, -0.15) is 0 Å². The van der Waals surface area contributed by atoms with E-state index in [1.54, 1.807) is 27.9 Å². The molecule has 12 atom stereocenters. The fourth-order valence-electron chi connectivity index (χ4n) is 9.13. The number of nitrogen functional groups attached to an aromatic ring is 1. The first-order valence-electron chi connectivity index (χ1n) is 25.5. The third kappa shape index (κ3) is 14.7. The number of nitrogens with one attached hydrogen (secondary N) is 8. The number of likely N-dealkylation sites (N-methyl/N-ethyl adjacent to an activating group) is 2.